The second-order valence-corrected chi connectivity index (χ2v) is 15.8. The number of rotatable bonds is 23. The molecule has 1 N–H and O–H groups in total. The second-order valence-electron chi connectivity index (χ2n) is 14.3. The Hall–Kier alpha value is -5.31. The molecule has 6 rings (SSSR count). The van der Waals surface area contributed by atoms with Gasteiger partial charge in [0.2, 0.25) is 17.7 Å². The molecule has 4 aromatic rings. The van der Waals surface area contributed by atoms with Gasteiger partial charge in [-0.05, 0) is 64.9 Å². The first-order chi connectivity index (χ1) is 29.8. The molecule has 0 spiro atoms. The van der Waals surface area contributed by atoms with Crippen LogP contribution in [0.3, 0.4) is 0 Å². The molecule has 0 bridgehead atoms. The highest BCUT2D eigenvalue weighted by molar-refractivity contribution is 7.99. The van der Waals surface area contributed by atoms with Crippen molar-refractivity contribution in [1.29, 1.82) is 0 Å². The van der Waals surface area contributed by atoms with Gasteiger partial charge in [0, 0.05) is 30.0 Å². The highest BCUT2D eigenvalue weighted by Gasteiger charge is 2.45. The lowest BCUT2D eigenvalue weighted by molar-refractivity contribution is -0.136. The van der Waals surface area contributed by atoms with E-state index >= 15 is 0 Å². The van der Waals surface area contributed by atoms with Crippen molar-refractivity contribution in [2.24, 2.45) is 0 Å². The van der Waals surface area contributed by atoms with Crippen molar-refractivity contribution in [3.63, 3.8) is 0 Å². The molecule has 2 aliphatic heterocycles. The van der Waals surface area contributed by atoms with Crippen LogP contribution in [0, 0.1) is 0 Å². The first-order valence-corrected chi connectivity index (χ1v) is 21.9. The van der Waals surface area contributed by atoms with Crippen LogP contribution in [0.4, 0.5) is 0 Å². The van der Waals surface area contributed by atoms with E-state index in [1.807, 2.05) is 48.5 Å². The monoisotopic (exact) mass is 867 g/mol. The summed E-state index contributed by atoms with van der Waals surface area (Å²) in [4.78, 5) is 66.1. The van der Waals surface area contributed by atoms with E-state index in [0.717, 1.165) is 39.3 Å². The molecule has 1 unspecified atom stereocenters. The molecule has 320 valence electrons. The molecule has 1 atom stereocenters. The topological polar surface area (TPSA) is 141 Å². The minimum absolute atomic E-state index is 0.0421. The number of amides is 5. The number of hydrogen-bond acceptors (Lipinski definition) is 10. The number of imide groups is 2. The fraction of sp³-hybridized carbons (Fsp3) is 0.340. The normalized spacial score (nSPS) is 15.4. The van der Waals surface area contributed by atoms with Crippen LogP contribution in [0.2, 0.25) is 0 Å². The molecule has 5 amide bonds. The molecule has 0 aliphatic carbocycles. The maximum Gasteiger partial charge on any atom is 0.263 e. The van der Waals surface area contributed by atoms with Crippen LogP contribution in [0.15, 0.2) is 108 Å². The van der Waals surface area contributed by atoms with Crippen molar-refractivity contribution in [2.75, 3.05) is 71.5 Å². The number of alkyl halides is 1. The number of benzene rings is 4. The molecule has 1 fully saturated rings. The lowest BCUT2D eigenvalue weighted by Crippen LogP contribution is -2.54. The fourth-order valence-corrected chi connectivity index (χ4v) is 8.24. The van der Waals surface area contributed by atoms with Crippen molar-refractivity contribution < 1.29 is 42.9 Å². The number of ether oxygens (including phenoxy) is 4. The first kappa shape index (κ1) is 45.2. The van der Waals surface area contributed by atoms with Crippen LogP contribution in [0.1, 0.15) is 63.1 Å². The molecule has 0 radical (unpaired) electrons. The fourth-order valence-electron chi connectivity index (χ4n) is 7.12. The molecule has 0 saturated carbocycles. The summed E-state index contributed by atoms with van der Waals surface area (Å²) in [5, 5.41) is 2.21. The van der Waals surface area contributed by atoms with E-state index in [1.165, 1.54) is 17.3 Å². The Morgan fingerprint density at radius 2 is 1.38 bits per heavy atom. The maximum atomic E-state index is 13.3. The Labute approximate surface area is 365 Å². The summed E-state index contributed by atoms with van der Waals surface area (Å²) in [5.74, 6) is -0.404. The van der Waals surface area contributed by atoms with E-state index < -0.39 is 29.7 Å². The van der Waals surface area contributed by atoms with Gasteiger partial charge in [0.05, 0.1) is 63.7 Å². The molecule has 12 nitrogen and oxygen atoms in total. The second kappa shape index (κ2) is 23.1. The largest absolute Gasteiger partial charge is 0.492 e. The summed E-state index contributed by atoms with van der Waals surface area (Å²) in [7, 11) is 1.75. The standard InChI is InChI=1S/C47H50ClN3O9S/c1-50(24-26-60-36-17-15-35(16-18-36)43(34-11-6-3-7-12-34)37(21-23-48)33-9-4-2-5-10-33)42(53)22-25-57-27-28-58-29-30-59-31-32-61-40-14-8-13-38-44(40)47(56)51(46(38)55)39-19-20-41(52)49-45(39)54/h2-18,39H,19-32H2,1H3,(H,49,52,54). The Morgan fingerprint density at radius 3 is 2.05 bits per heavy atom. The van der Waals surface area contributed by atoms with E-state index in [9.17, 15) is 24.0 Å². The minimum atomic E-state index is -1.01. The van der Waals surface area contributed by atoms with Crippen molar-refractivity contribution in [3.05, 3.63) is 131 Å². The van der Waals surface area contributed by atoms with Gasteiger partial charge in [-0.25, -0.2) is 0 Å². The predicted octanol–water partition coefficient (Wildman–Crippen LogP) is 6.75. The number of fused-ring (bicyclic) bond motifs is 1. The molecular weight excluding hydrogens is 818 g/mol. The highest BCUT2D eigenvalue weighted by atomic mass is 35.5. The number of allylic oxidation sites excluding steroid dienone is 1. The van der Waals surface area contributed by atoms with Gasteiger partial charge in [-0.15, -0.1) is 23.4 Å². The van der Waals surface area contributed by atoms with Crippen LogP contribution in [0.25, 0.3) is 11.1 Å². The number of halogens is 1. The van der Waals surface area contributed by atoms with Gasteiger partial charge < -0.3 is 23.8 Å². The molecular formula is C47H50ClN3O9S. The van der Waals surface area contributed by atoms with E-state index in [0.29, 0.717) is 62.7 Å². The van der Waals surface area contributed by atoms with E-state index in [-0.39, 0.29) is 42.9 Å². The average molecular weight is 868 g/mol. The Morgan fingerprint density at radius 1 is 0.738 bits per heavy atom. The quantitative estimate of drug-likeness (QED) is 0.0280. The zero-order valence-electron chi connectivity index (χ0n) is 34.1. The third-order valence-corrected chi connectivity index (χ3v) is 11.4. The van der Waals surface area contributed by atoms with E-state index in [1.54, 1.807) is 30.1 Å². The van der Waals surface area contributed by atoms with Crippen molar-refractivity contribution in [3.8, 4) is 5.75 Å². The summed E-state index contributed by atoms with van der Waals surface area (Å²) in [6.07, 6.45) is 1.14. The van der Waals surface area contributed by atoms with Crippen LogP contribution in [-0.4, -0.2) is 117 Å². The van der Waals surface area contributed by atoms with Gasteiger partial charge in [-0.1, -0.05) is 78.9 Å². The summed E-state index contributed by atoms with van der Waals surface area (Å²) in [5.41, 5.74) is 6.15. The summed E-state index contributed by atoms with van der Waals surface area (Å²) >= 11 is 7.68. The molecule has 2 heterocycles. The minimum Gasteiger partial charge on any atom is -0.492 e. The Bertz CT molecular complexity index is 2170. The summed E-state index contributed by atoms with van der Waals surface area (Å²) in [6, 6.07) is 32.7. The lowest BCUT2D eigenvalue weighted by atomic mass is 9.88. The summed E-state index contributed by atoms with van der Waals surface area (Å²) in [6.45, 7) is 2.86. The SMILES string of the molecule is CN(CCOc1ccc(C(=C(CCCl)c2ccccc2)c2ccccc2)cc1)C(=O)CCOCCOCCOCCSc1cccc2c1C(=O)N(C1CCC(=O)NC1=O)C2=O. The smallest absolute Gasteiger partial charge is 0.263 e. The molecule has 0 aromatic heterocycles. The van der Waals surface area contributed by atoms with Gasteiger partial charge >= 0.3 is 0 Å². The molecule has 14 heteroatoms. The van der Waals surface area contributed by atoms with Crippen molar-refractivity contribution in [2.45, 2.75) is 36.6 Å². The average Bonchev–Trinajstić information content (AvgIpc) is 3.53. The number of piperidine rings is 1. The number of nitrogens with zero attached hydrogens (tertiary/aromatic N) is 2. The molecule has 61 heavy (non-hydrogen) atoms. The van der Waals surface area contributed by atoms with E-state index in [4.69, 9.17) is 30.5 Å². The number of likely N-dealkylation sites (N-methyl/N-ethyl adjacent to an activating group) is 1. The Balaban J connectivity index is 0.827. The molecule has 2 aliphatic rings. The summed E-state index contributed by atoms with van der Waals surface area (Å²) < 4.78 is 22.9. The van der Waals surface area contributed by atoms with Gasteiger partial charge in [-0.3, -0.25) is 34.2 Å². The van der Waals surface area contributed by atoms with Crippen LogP contribution in [-0.2, 0) is 28.6 Å². The van der Waals surface area contributed by atoms with Crippen LogP contribution < -0.4 is 10.1 Å². The molecule has 1 saturated heterocycles. The number of nitrogens with one attached hydrogen (secondary N) is 1. The predicted molar refractivity (Wildman–Crippen MR) is 235 cm³/mol. The van der Waals surface area contributed by atoms with Crippen LogP contribution >= 0.6 is 23.4 Å². The molecule has 4 aromatic carbocycles. The number of thioether (sulfide) groups is 1. The number of carbonyl (C=O) groups excluding carboxylic acids is 5. The van der Waals surface area contributed by atoms with Gasteiger partial charge in [0.1, 0.15) is 18.4 Å². The Kier molecular flexibility index (Phi) is 17.1. The van der Waals surface area contributed by atoms with Crippen molar-refractivity contribution >= 4 is 64.0 Å². The maximum absolute atomic E-state index is 13.3. The number of hydrogen-bond donors (Lipinski definition) is 1. The third-order valence-electron chi connectivity index (χ3n) is 10.2. The zero-order valence-corrected chi connectivity index (χ0v) is 35.7. The van der Waals surface area contributed by atoms with Crippen LogP contribution in [0.5, 0.6) is 5.75 Å². The highest BCUT2D eigenvalue weighted by Crippen LogP contribution is 2.36. The van der Waals surface area contributed by atoms with E-state index in [2.05, 4.69) is 41.7 Å². The van der Waals surface area contributed by atoms with Gasteiger partial charge in [0.25, 0.3) is 11.8 Å². The van der Waals surface area contributed by atoms with Gasteiger partial charge in [-0.2, -0.15) is 0 Å². The van der Waals surface area contributed by atoms with Crippen molar-refractivity contribution in [1.82, 2.24) is 15.1 Å². The third kappa shape index (κ3) is 12.2. The van der Waals surface area contributed by atoms with Gasteiger partial charge in [0.15, 0.2) is 0 Å². The lowest BCUT2D eigenvalue weighted by Gasteiger charge is -2.27. The number of carbonyl (C=O) groups is 5. The zero-order chi connectivity index (χ0) is 43.0. The first-order valence-electron chi connectivity index (χ1n) is 20.3.